The Bertz CT molecular complexity index is 537. The zero-order valence-corrected chi connectivity index (χ0v) is 14.5. The Morgan fingerprint density at radius 3 is 2.91 bits per heavy atom. The molecule has 2 nitrogen and oxygen atoms in total. The highest BCUT2D eigenvalue weighted by atomic mass is 16.5. The van der Waals surface area contributed by atoms with Crippen LogP contribution in [-0.4, -0.2) is 19.8 Å². The summed E-state index contributed by atoms with van der Waals surface area (Å²) in [7, 11) is 1.77. The molecule has 23 heavy (non-hydrogen) atoms. The lowest BCUT2D eigenvalue weighted by atomic mass is 9.81. The first-order chi connectivity index (χ1) is 11.3. The van der Waals surface area contributed by atoms with Gasteiger partial charge in [0.25, 0.3) is 0 Å². The molecule has 0 spiro atoms. The standard InChI is InChI=1S/C21H31NO/c1-23-12-4-2-3-5-16-6-7-18-14-19(9-8-17(18)13-16)20-10-11-21(22)15-20/h3,5,8-9,14,16,20-21H,2,4,6-7,10-13,15,22H2,1H3/b5-3+. The largest absolute Gasteiger partial charge is 0.385 e. The molecule has 0 aliphatic heterocycles. The highest BCUT2D eigenvalue weighted by Crippen LogP contribution is 2.36. The number of nitrogens with two attached hydrogens (primary N) is 1. The normalized spacial score (nSPS) is 27.5. The zero-order chi connectivity index (χ0) is 16.1. The molecule has 126 valence electrons. The summed E-state index contributed by atoms with van der Waals surface area (Å²) in [5.41, 5.74) is 10.8. The second kappa shape index (κ2) is 8.12. The fraction of sp³-hybridized carbons (Fsp3) is 0.619. The van der Waals surface area contributed by atoms with Crippen LogP contribution in [0.5, 0.6) is 0 Å². The molecule has 0 heterocycles. The molecule has 0 bridgehead atoms. The summed E-state index contributed by atoms with van der Waals surface area (Å²) in [6, 6.07) is 7.66. The van der Waals surface area contributed by atoms with Crippen LogP contribution >= 0.6 is 0 Å². The molecule has 0 amide bonds. The number of ether oxygens (including phenoxy) is 1. The number of fused-ring (bicyclic) bond motifs is 1. The fourth-order valence-electron chi connectivity index (χ4n) is 4.17. The van der Waals surface area contributed by atoms with Crippen LogP contribution in [0.4, 0.5) is 0 Å². The maximum Gasteiger partial charge on any atom is 0.0465 e. The first kappa shape index (κ1) is 16.7. The highest BCUT2D eigenvalue weighted by Gasteiger charge is 2.24. The Labute approximate surface area is 141 Å². The van der Waals surface area contributed by atoms with Gasteiger partial charge >= 0.3 is 0 Å². The quantitative estimate of drug-likeness (QED) is 0.625. The van der Waals surface area contributed by atoms with Crippen molar-refractivity contribution in [3.63, 3.8) is 0 Å². The third-order valence-electron chi connectivity index (χ3n) is 5.57. The Morgan fingerprint density at radius 1 is 1.22 bits per heavy atom. The van der Waals surface area contributed by atoms with Crippen LogP contribution < -0.4 is 5.73 Å². The van der Waals surface area contributed by atoms with Crippen molar-refractivity contribution in [2.75, 3.05) is 13.7 Å². The summed E-state index contributed by atoms with van der Waals surface area (Å²) >= 11 is 0. The fourth-order valence-corrected chi connectivity index (χ4v) is 4.17. The monoisotopic (exact) mass is 313 g/mol. The van der Waals surface area contributed by atoms with E-state index >= 15 is 0 Å². The molecule has 2 N–H and O–H groups in total. The van der Waals surface area contributed by atoms with Crippen molar-refractivity contribution in [3.05, 3.63) is 47.0 Å². The number of aryl methyl sites for hydroxylation is 1. The first-order valence-corrected chi connectivity index (χ1v) is 9.29. The van der Waals surface area contributed by atoms with Gasteiger partial charge in [-0.2, -0.15) is 0 Å². The Hall–Kier alpha value is -1.12. The van der Waals surface area contributed by atoms with Gasteiger partial charge in [-0.25, -0.2) is 0 Å². The minimum atomic E-state index is 0.420. The Kier molecular flexibility index (Phi) is 5.91. The van der Waals surface area contributed by atoms with E-state index in [-0.39, 0.29) is 0 Å². The molecular weight excluding hydrogens is 282 g/mol. The van der Waals surface area contributed by atoms with Crippen LogP contribution in [-0.2, 0) is 17.6 Å². The number of hydrogen-bond acceptors (Lipinski definition) is 2. The van der Waals surface area contributed by atoms with Crippen molar-refractivity contribution in [1.29, 1.82) is 0 Å². The Balaban J connectivity index is 1.57. The zero-order valence-electron chi connectivity index (χ0n) is 14.5. The first-order valence-electron chi connectivity index (χ1n) is 9.29. The summed E-state index contributed by atoms with van der Waals surface area (Å²) in [6.45, 7) is 0.867. The molecule has 1 fully saturated rings. The second-order valence-corrected chi connectivity index (χ2v) is 7.36. The van der Waals surface area contributed by atoms with E-state index in [1.807, 2.05) is 0 Å². The van der Waals surface area contributed by atoms with E-state index in [9.17, 15) is 0 Å². The van der Waals surface area contributed by atoms with Crippen LogP contribution in [0.1, 0.15) is 61.1 Å². The van der Waals surface area contributed by atoms with Gasteiger partial charge in [0, 0.05) is 19.8 Å². The minimum Gasteiger partial charge on any atom is -0.385 e. The predicted molar refractivity (Wildman–Crippen MR) is 96.8 cm³/mol. The molecule has 0 radical (unpaired) electrons. The molecule has 3 atom stereocenters. The molecule has 3 unspecified atom stereocenters. The third kappa shape index (κ3) is 4.45. The lowest BCUT2D eigenvalue weighted by Gasteiger charge is -2.24. The molecule has 1 aromatic rings. The van der Waals surface area contributed by atoms with Gasteiger partial charge < -0.3 is 10.5 Å². The number of methoxy groups -OCH3 is 1. The summed E-state index contributed by atoms with van der Waals surface area (Å²) in [4.78, 5) is 0. The molecule has 0 aromatic heterocycles. The number of benzene rings is 1. The van der Waals surface area contributed by atoms with Crippen molar-refractivity contribution in [2.45, 2.75) is 63.3 Å². The van der Waals surface area contributed by atoms with Gasteiger partial charge in [-0.1, -0.05) is 30.4 Å². The van der Waals surface area contributed by atoms with Crippen molar-refractivity contribution in [1.82, 2.24) is 0 Å². The predicted octanol–water partition coefficient (Wildman–Crippen LogP) is 4.37. The SMILES string of the molecule is COCCC/C=C/C1CCc2cc(C3CCC(N)C3)ccc2C1. The molecule has 2 heteroatoms. The van der Waals surface area contributed by atoms with E-state index in [1.54, 1.807) is 18.2 Å². The maximum absolute atomic E-state index is 6.08. The van der Waals surface area contributed by atoms with E-state index in [2.05, 4.69) is 30.4 Å². The van der Waals surface area contributed by atoms with Gasteiger partial charge in [-0.05, 0) is 79.9 Å². The van der Waals surface area contributed by atoms with Gasteiger partial charge in [-0.3, -0.25) is 0 Å². The number of allylic oxidation sites excluding steroid dienone is 2. The second-order valence-electron chi connectivity index (χ2n) is 7.36. The van der Waals surface area contributed by atoms with Gasteiger partial charge in [0.1, 0.15) is 0 Å². The highest BCUT2D eigenvalue weighted by molar-refractivity contribution is 5.36. The van der Waals surface area contributed by atoms with Crippen molar-refractivity contribution < 1.29 is 4.74 Å². The number of unbranched alkanes of at least 4 members (excludes halogenated alkanes) is 1. The average molecular weight is 313 g/mol. The van der Waals surface area contributed by atoms with E-state index in [1.165, 1.54) is 44.1 Å². The molecular formula is C21H31NO. The third-order valence-corrected chi connectivity index (χ3v) is 5.57. The molecule has 2 aliphatic rings. The van der Waals surface area contributed by atoms with Crippen molar-refractivity contribution >= 4 is 0 Å². The lowest BCUT2D eigenvalue weighted by molar-refractivity contribution is 0.196. The molecule has 1 saturated carbocycles. The van der Waals surface area contributed by atoms with E-state index in [0.717, 1.165) is 25.4 Å². The van der Waals surface area contributed by atoms with Crippen LogP contribution in [0.15, 0.2) is 30.4 Å². The number of hydrogen-bond donors (Lipinski definition) is 1. The van der Waals surface area contributed by atoms with Gasteiger partial charge in [-0.15, -0.1) is 0 Å². The lowest BCUT2D eigenvalue weighted by Crippen LogP contribution is -2.15. The molecule has 0 saturated heterocycles. The Morgan fingerprint density at radius 2 is 2.13 bits per heavy atom. The summed E-state index contributed by atoms with van der Waals surface area (Å²) in [5, 5.41) is 0. The van der Waals surface area contributed by atoms with Crippen LogP contribution in [0.25, 0.3) is 0 Å². The van der Waals surface area contributed by atoms with Gasteiger partial charge in [0.2, 0.25) is 0 Å². The van der Waals surface area contributed by atoms with Crippen LogP contribution in [0.2, 0.25) is 0 Å². The summed E-state index contributed by atoms with van der Waals surface area (Å²) < 4.78 is 5.10. The molecule has 1 aromatic carbocycles. The average Bonchev–Trinajstić information content (AvgIpc) is 3.00. The summed E-state index contributed by atoms with van der Waals surface area (Å²) in [6.07, 6.45) is 14.4. The minimum absolute atomic E-state index is 0.420. The van der Waals surface area contributed by atoms with Crippen molar-refractivity contribution in [3.8, 4) is 0 Å². The van der Waals surface area contributed by atoms with Crippen LogP contribution in [0.3, 0.4) is 0 Å². The van der Waals surface area contributed by atoms with Crippen molar-refractivity contribution in [2.24, 2.45) is 11.7 Å². The summed E-state index contributed by atoms with van der Waals surface area (Å²) in [5.74, 6) is 1.42. The smallest absolute Gasteiger partial charge is 0.0465 e. The van der Waals surface area contributed by atoms with E-state index in [4.69, 9.17) is 10.5 Å². The van der Waals surface area contributed by atoms with Gasteiger partial charge in [0.05, 0.1) is 0 Å². The molecule has 2 aliphatic carbocycles. The number of rotatable bonds is 6. The topological polar surface area (TPSA) is 35.2 Å². The van der Waals surface area contributed by atoms with E-state index in [0.29, 0.717) is 12.0 Å². The van der Waals surface area contributed by atoms with Gasteiger partial charge in [0.15, 0.2) is 0 Å². The maximum atomic E-state index is 6.08. The molecule has 3 rings (SSSR count). The van der Waals surface area contributed by atoms with E-state index < -0.39 is 0 Å². The van der Waals surface area contributed by atoms with Crippen LogP contribution in [0, 0.1) is 5.92 Å².